The Bertz CT molecular complexity index is 590. The quantitative estimate of drug-likeness (QED) is 0.851. The van der Waals surface area contributed by atoms with Gasteiger partial charge in [0.25, 0.3) is 0 Å². The van der Waals surface area contributed by atoms with Crippen LogP contribution in [0.15, 0.2) is 42.5 Å². The first-order valence-electron chi connectivity index (χ1n) is 7.22. The van der Waals surface area contributed by atoms with Crippen molar-refractivity contribution >= 4 is 0 Å². The van der Waals surface area contributed by atoms with E-state index in [1.165, 1.54) is 23.3 Å². The second-order valence-electron chi connectivity index (χ2n) is 5.62. The van der Waals surface area contributed by atoms with Gasteiger partial charge in [-0.2, -0.15) is 0 Å². The molecule has 0 heterocycles. The van der Waals surface area contributed by atoms with Crippen LogP contribution in [0.25, 0.3) is 0 Å². The van der Waals surface area contributed by atoms with Crippen LogP contribution in [0.3, 0.4) is 0 Å². The minimum atomic E-state index is -0.537. The van der Waals surface area contributed by atoms with E-state index in [0.717, 1.165) is 12.5 Å². The lowest BCUT2D eigenvalue weighted by Gasteiger charge is -2.21. The van der Waals surface area contributed by atoms with Crippen LogP contribution < -0.4 is 5.32 Å². The lowest BCUT2D eigenvalue weighted by atomic mass is 10.0. The molecule has 0 amide bonds. The van der Waals surface area contributed by atoms with Gasteiger partial charge in [-0.1, -0.05) is 24.3 Å². The molecule has 0 spiro atoms. The van der Waals surface area contributed by atoms with E-state index in [9.17, 15) is 8.78 Å². The fraction of sp³-hybridized carbons (Fsp3) is 0.333. The predicted molar refractivity (Wildman–Crippen MR) is 82.3 cm³/mol. The minimum absolute atomic E-state index is 0.103. The molecule has 21 heavy (non-hydrogen) atoms. The number of hydrogen-bond acceptors (Lipinski definition) is 1. The van der Waals surface area contributed by atoms with Gasteiger partial charge in [-0.15, -0.1) is 0 Å². The number of aryl methyl sites for hydroxylation is 1. The van der Waals surface area contributed by atoms with E-state index in [1.54, 1.807) is 0 Å². The van der Waals surface area contributed by atoms with Gasteiger partial charge in [-0.3, -0.25) is 0 Å². The van der Waals surface area contributed by atoms with Gasteiger partial charge in [0.15, 0.2) is 0 Å². The molecule has 0 saturated heterocycles. The molecule has 2 rings (SSSR count). The third-order valence-corrected chi connectivity index (χ3v) is 3.71. The molecular formula is C18H21F2N. The molecule has 2 unspecified atom stereocenters. The summed E-state index contributed by atoms with van der Waals surface area (Å²) in [4.78, 5) is 0. The van der Waals surface area contributed by atoms with Crippen molar-refractivity contribution in [3.05, 3.63) is 70.8 Å². The van der Waals surface area contributed by atoms with E-state index in [1.807, 2.05) is 19.1 Å². The number of rotatable bonds is 5. The van der Waals surface area contributed by atoms with Gasteiger partial charge in [0.1, 0.15) is 11.6 Å². The zero-order valence-electron chi connectivity index (χ0n) is 12.7. The zero-order chi connectivity index (χ0) is 15.4. The molecule has 0 aliphatic heterocycles. The highest BCUT2D eigenvalue weighted by Gasteiger charge is 2.12. The fourth-order valence-electron chi connectivity index (χ4n) is 2.58. The molecule has 0 saturated carbocycles. The summed E-state index contributed by atoms with van der Waals surface area (Å²) in [6.07, 6.45) is 0.884. The summed E-state index contributed by atoms with van der Waals surface area (Å²) in [7, 11) is 0. The molecular weight excluding hydrogens is 268 g/mol. The molecule has 0 fully saturated rings. The average Bonchev–Trinajstić information content (AvgIpc) is 2.40. The van der Waals surface area contributed by atoms with Crippen LogP contribution in [-0.2, 0) is 6.42 Å². The molecule has 3 heteroatoms. The van der Waals surface area contributed by atoms with Gasteiger partial charge in [-0.25, -0.2) is 8.78 Å². The SMILES string of the molecule is Cc1ccccc1CC(C)NC(C)c1cc(F)cc(F)c1. The van der Waals surface area contributed by atoms with Crippen LogP contribution in [-0.4, -0.2) is 6.04 Å². The molecule has 1 N–H and O–H groups in total. The van der Waals surface area contributed by atoms with Crippen molar-refractivity contribution in [3.8, 4) is 0 Å². The molecule has 1 nitrogen and oxygen atoms in total. The van der Waals surface area contributed by atoms with Crippen LogP contribution >= 0.6 is 0 Å². The lowest BCUT2D eigenvalue weighted by molar-refractivity contribution is 0.471. The van der Waals surface area contributed by atoms with Crippen molar-refractivity contribution in [2.45, 2.75) is 39.3 Å². The fourth-order valence-corrected chi connectivity index (χ4v) is 2.58. The minimum Gasteiger partial charge on any atom is -0.307 e. The Kier molecular flexibility index (Phi) is 5.07. The molecule has 112 valence electrons. The molecule has 2 atom stereocenters. The monoisotopic (exact) mass is 289 g/mol. The Morgan fingerprint density at radius 1 is 1.00 bits per heavy atom. The third-order valence-electron chi connectivity index (χ3n) is 3.71. The number of hydrogen-bond donors (Lipinski definition) is 1. The van der Waals surface area contributed by atoms with E-state index in [2.05, 4.69) is 31.3 Å². The molecule has 0 radical (unpaired) electrons. The van der Waals surface area contributed by atoms with E-state index in [-0.39, 0.29) is 12.1 Å². The van der Waals surface area contributed by atoms with Gasteiger partial charge < -0.3 is 5.32 Å². The smallest absolute Gasteiger partial charge is 0.126 e. The summed E-state index contributed by atoms with van der Waals surface area (Å²) in [6.45, 7) is 6.09. The van der Waals surface area contributed by atoms with Crippen molar-refractivity contribution in [1.29, 1.82) is 0 Å². The molecule has 0 bridgehead atoms. The Balaban J connectivity index is 2.02. The first-order valence-corrected chi connectivity index (χ1v) is 7.22. The summed E-state index contributed by atoms with van der Waals surface area (Å²) < 4.78 is 26.5. The summed E-state index contributed by atoms with van der Waals surface area (Å²) in [5.41, 5.74) is 3.18. The van der Waals surface area contributed by atoms with Gasteiger partial charge in [-0.05, 0) is 56.0 Å². The van der Waals surface area contributed by atoms with Gasteiger partial charge >= 0.3 is 0 Å². The largest absolute Gasteiger partial charge is 0.307 e. The highest BCUT2D eigenvalue weighted by Crippen LogP contribution is 2.18. The number of nitrogens with one attached hydrogen (secondary N) is 1. The molecule has 0 aliphatic rings. The molecule has 0 aliphatic carbocycles. The van der Waals surface area contributed by atoms with E-state index in [4.69, 9.17) is 0 Å². The second-order valence-corrected chi connectivity index (χ2v) is 5.62. The van der Waals surface area contributed by atoms with Crippen LogP contribution in [0.1, 0.15) is 36.6 Å². The Morgan fingerprint density at radius 3 is 2.24 bits per heavy atom. The van der Waals surface area contributed by atoms with Crippen molar-refractivity contribution in [1.82, 2.24) is 5.32 Å². The van der Waals surface area contributed by atoms with Crippen molar-refractivity contribution in [2.24, 2.45) is 0 Å². The highest BCUT2D eigenvalue weighted by molar-refractivity contribution is 5.26. The average molecular weight is 289 g/mol. The first kappa shape index (κ1) is 15.6. The third kappa shape index (κ3) is 4.36. The van der Waals surface area contributed by atoms with Gasteiger partial charge in [0, 0.05) is 18.2 Å². The Hall–Kier alpha value is -1.74. The summed E-state index contributed by atoms with van der Waals surface area (Å²) in [5, 5.41) is 3.39. The van der Waals surface area contributed by atoms with Crippen LogP contribution in [0.4, 0.5) is 8.78 Å². The highest BCUT2D eigenvalue weighted by atomic mass is 19.1. The lowest BCUT2D eigenvalue weighted by Crippen LogP contribution is -2.31. The standard InChI is InChI=1S/C18H21F2N/c1-12-6-4-5-7-15(12)8-13(2)21-14(3)16-9-17(19)11-18(20)10-16/h4-7,9-11,13-14,21H,8H2,1-3H3. The first-order chi connectivity index (χ1) is 9.95. The van der Waals surface area contributed by atoms with Crippen LogP contribution in [0.2, 0.25) is 0 Å². The van der Waals surface area contributed by atoms with E-state index in [0.29, 0.717) is 5.56 Å². The summed E-state index contributed by atoms with van der Waals surface area (Å²) >= 11 is 0. The maximum Gasteiger partial charge on any atom is 0.126 e. The van der Waals surface area contributed by atoms with E-state index >= 15 is 0 Å². The topological polar surface area (TPSA) is 12.0 Å². The second kappa shape index (κ2) is 6.81. The Labute approximate surface area is 125 Å². The zero-order valence-corrected chi connectivity index (χ0v) is 12.7. The van der Waals surface area contributed by atoms with Gasteiger partial charge in [0.2, 0.25) is 0 Å². The number of benzene rings is 2. The van der Waals surface area contributed by atoms with Crippen LogP contribution in [0, 0.1) is 18.6 Å². The molecule has 0 aromatic heterocycles. The normalized spacial score (nSPS) is 14.0. The summed E-state index contributed by atoms with van der Waals surface area (Å²) in [6, 6.07) is 12.0. The predicted octanol–water partition coefficient (Wildman–Crippen LogP) is 4.56. The molecule has 2 aromatic rings. The van der Waals surface area contributed by atoms with Crippen molar-refractivity contribution < 1.29 is 8.78 Å². The molecule has 2 aromatic carbocycles. The van der Waals surface area contributed by atoms with Gasteiger partial charge in [0.05, 0.1) is 0 Å². The van der Waals surface area contributed by atoms with Crippen molar-refractivity contribution in [3.63, 3.8) is 0 Å². The number of halogens is 2. The van der Waals surface area contributed by atoms with Crippen LogP contribution in [0.5, 0.6) is 0 Å². The maximum atomic E-state index is 13.3. The van der Waals surface area contributed by atoms with E-state index < -0.39 is 11.6 Å². The Morgan fingerprint density at radius 2 is 1.62 bits per heavy atom. The maximum absolute atomic E-state index is 13.3. The summed E-state index contributed by atoms with van der Waals surface area (Å²) in [5.74, 6) is -1.07. The van der Waals surface area contributed by atoms with Crippen molar-refractivity contribution in [2.75, 3.05) is 0 Å².